The zero-order valence-electron chi connectivity index (χ0n) is 63.7. The van der Waals surface area contributed by atoms with E-state index in [4.69, 9.17) is 42.6 Å². The fourth-order valence-corrected chi connectivity index (χ4v) is 10.3. The van der Waals surface area contributed by atoms with Crippen molar-refractivity contribution in [3.63, 3.8) is 0 Å². The molecule has 0 heterocycles. The van der Waals surface area contributed by atoms with Gasteiger partial charge in [0.15, 0.2) is 6.10 Å². The van der Waals surface area contributed by atoms with Gasteiger partial charge in [0.1, 0.15) is 68.0 Å². The highest BCUT2D eigenvalue weighted by atomic mass is 16.6. The number of rotatable bonds is 59. The van der Waals surface area contributed by atoms with E-state index in [1.54, 1.807) is 62.3 Å². The Morgan fingerprint density at radius 2 is 0.545 bits per heavy atom. The Balaban J connectivity index is 5.24. The zero-order valence-corrected chi connectivity index (χ0v) is 63.7. The number of esters is 6. The Morgan fingerprint density at radius 3 is 0.828 bits per heavy atom. The lowest BCUT2D eigenvalue weighted by molar-refractivity contribution is -0.167. The van der Waals surface area contributed by atoms with Gasteiger partial charge in [0.2, 0.25) is 0 Å². The zero-order chi connectivity index (χ0) is 73.8. The van der Waals surface area contributed by atoms with Crippen LogP contribution in [0.1, 0.15) is 333 Å². The molecule has 0 radical (unpaired) electrons. The number of unbranched alkanes of at least 4 members (excludes halogenated alkanes) is 24. The Hall–Kier alpha value is -6.15. The topological polar surface area (TPSA) is 273 Å². The van der Waals surface area contributed by atoms with Gasteiger partial charge >= 0.3 is 54.1 Å². The van der Waals surface area contributed by atoms with E-state index < -0.39 is 77.0 Å². The molecule has 0 saturated heterocycles. The van der Waals surface area contributed by atoms with E-state index in [0.717, 1.165) is 193 Å². The number of nitrogens with one attached hydrogen (secondary N) is 3. The normalized spacial score (nSPS) is 13.1. The second kappa shape index (κ2) is 59.5. The van der Waals surface area contributed by atoms with Crippen LogP contribution in [0.4, 0.5) is 14.4 Å². The van der Waals surface area contributed by atoms with Crippen LogP contribution in [0.5, 0.6) is 0 Å². The van der Waals surface area contributed by atoms with Gasteiger partial charge in [-0.15, -0.1) is 0 Å². The largest absolute Gasteiger partial charge is 0.462 e. The lowest BCUT2D eigenvalue weighted by Crippen LogP contribution is -2.36. The highest BCUT2D eigenvalue weighted by molar-refractivity contribution is 5.79. The molecule has 99 heavy (non-hydrogen) atoms. The summed E-state index contributed by atoms with van der Waals surface area (Å²) < 4.78 is 49.8. The summed E-state index contributed by atoms with van der Waals surface area (Å²) in [5.41, 5.74) is -2.01. The second-order valence-electron chi connectivity index (χ2n) is 29.0. The molecule has 0 fully saturated rings. The number of ether oxygens (including phenoxy) is 9. The first-order valence-corrected chi connectivity index (χ1v) is 38.1. The highest BCUT2D eigenvalue weighted by Gasteiger charge is 2.24. The van der Waals surface area contributed by atoms with Gasteiger partial charge in [0.05, 0.1) is 0 Å². The fourth-order valence-electron chi connectivity index (χ4n) is 10.3. The number of carbonyl (C=O) groups is 9. The summed E-state index contributed by atoms with van der Waals surface area (Å²) >= 11 is 0. The van der Waals surface area contributed by atoms with Gasteiger partial charge < -0.3 is 58.6 Å². The highest BCUT2D eigenvalue weighted by Crippen LogP contribution is 2.19. The van der Waals surface area contributed by atoms with Crippen LogP contribution >= 0.6 is 0 Å². The molecule has 0 rings (SSSR count). The molecule has 21 nitrogen and oxygen atoms in total. The molecule has 0 bridgehead atoms. The monoisotopic (exact) mass is 1400 g/mol. The van der Waals surface area contributed by atoms with Crippen molar-refractivity contribution in [3.8, 4) is 0 Å². The first-order chi connectivity index (χ1) is 47.1. The van der Waals surface area contributed by atoms with Crippen molar-refractivity contribution in [1.82, 2.24) is 16.0 Å². The molecule has 4 unspecified atom stereocenters. The molecule has 0 spiro atoms. The van der Waals surface area contributed by atoms with Crippen LogP contribution in [-0.2, 0) is 71.4 Å². The third kappa shape index (κ3) is 64.9. The number of allylic oxidation sites excluding steroid dienone is 3. The van der Waals surface area contributed by atoms with E-state index in [-0.39, 0.29) is 70.4 Å². The van der Waals surface area contributed by atoms with Crippen molar-refractivity contribution in [3.05, 3.63) is 36.5 Å². The standard InChI is InChI=1S/C78H137N3O18/c1-13-16-19-40-49-63(93-70(85)58-79-73(88)97-76(4,5)6)52-43-34-28-22-25-31-37-46-55-67(82)91-61-66(96-69(84)57-48-39-33-27-24-30-36-45-54-65(51-42-21-18-15-3)95-72(87)60-81-75(90)99-78(10,11)12)62-92-68(83)56-47-38-32-26-23-29-35-44-53-64(50-41-20-17-14-2)94-71(86)59-80-74(89)98-77(7,8)9/h34-36,43-45,63-66H,13-33,37-42,46-62H2,1-12H3,(H,79,88)(H,80,89)(H,81,90)/b43-34-,44-35+,45-36-. The molecular formula is C78H137N3O18. The second-order valence-corrected chi connectivity index (χ2v) is 29.0. The molecule has 572 valence electrons. The van der Waals surface area contributed by atoms with Crippen molar-refractivity contribution < 1.29 is 85.8 Å². The number of hydrogen-bond acceptors (Lipinski definition) is 18. The van der Waals surface area contributed by atoms with Crippen molar-refractivity contribution >= 4 is 54.1 Å². The first-order valence-electron chi connectivity index (χ1n) is 38.1. The van der Waals surface area contributed by atoms with E-state index in [2.05, 4.69) is 73.2 Å². The predicted molar refractivity (Wildman–Crippen MR) is 389 cm³/mol. The SMILES string of the molecule is CCCCCCC(C/C=C\CCCCCCCC(=O)OCC(COC(=O)CCCCCCC/C=C/CC(CCCCCC)OC(=O)CNC(=O)OC(C)(C)C)OC(=O)CCCCCCC/C=C\CC(CCCCCC)OC(=O)CNC(=O)OC(C)(C)C)OC(=O)CNC(=O)OC(C)(C)C. The van der Waals surface area contributed by atoms with Crippen LogP contribution in [0.2, 0.25) is 0 Å². The van der Waals surface area contributed by atoms with Crippen LogP contribution < -0.4 is 16.0 Å². The summed E-state index contributed by atoms with van der Waals surface area (Å²) in [6.07, 6.45) is 41.7. The summed E-state index contributed by atoms with van der Waals surface area (Å²) in [4.78, 5) is 113. The Labute approximate surface area is 597 Å². The fraction of sp³-hybridized carbons (Fsp3) is 0.808. The van der Waals surface area contributed by atoms with Crippen LogP contribution in [0.15, 0.2) is 36.5 Å². The molecule has 21 heteroatoms. The van der Waals surface area contributed by atoms with Crippen LogP contribution in [0.25, 0.3) is 0 Å². The van der Waals surface area contributed by atoms with Crippen molar-refractivity contribution in [2.24, 2.45) is 0 Å². The minimum Gasteiger partial charge on any atom is -0.462 e. The Morgan fingerprint density at radius 1 is 0.293 bits per heavy atom. The average Bonchev–Trinajstić information content (AvgIpc) is 1.39. The van der Waals surface area contributed by atoms with Gasteiger partial charge in [0, 0.05) is 38.5 Å². The molecular weight excluding hydrogens is 1270 g/mol. The maximum atomic E-state index is 13.2. The number of hydrogen-bond donors (Lipinski definition) is 3. The summed E-state index contributed by atoms with van der Waals surface area (Å²) in [7, 11) is 0. The van der Waals surface area contributed by atoms with Gasteiger partial charge in [-0.1, -0.05) is 173 Å². The summed E-state index contributed by atoms with van der Waals surface area (Å²) in [5.74, 6) is -2.76. The lowest BCUT2D eigenvalue weighted by Gasteiger charge is -2.20. The summed E-state index contributed by atoms with van der Waals surface area (Å²) in [6.45, 7) is 21.0. The van der Waals surface area contributed by atoms with Crippen molar-refractivity contribution in [2.75, 3.05) is 32.8 Å². The average molecular weight is 1400 g/mol. The van der Waals surface area contributed by atoms with Crippen molar-refractivity contribution in [1.29, 1.82) is 0 Å². The Kier molecular flexibility index (Phi) is 55.8. The number of carbonyl (C=O) groups excluding carboxylic acids is 9. The van der Waals surface area contributed by atoms with Gasteiger partial charge in [-0.05, 0) is 159 Å². The van der Waals surface area contributed by atoms with E-state index in [0.29, 0.717) is 38.5 Å². The predicted octanol–water partition coefficient (Wildman–Crippen LogP) is 18.2. The summed E-state index contributed by atoms with van der Waals surface area (Å²) in [6, 6.07) is 0. The molecule has 0 aromatic rings. The van der Waals surface area contributed by atoms with Gasteiger partial charge in [0.25, 0.3) is 0 Å². The van der Waals surface area contributed by atoms with Gasteiger partial charge in [-0.3, -0.25) is 28.8 Å². The third-order valence-corrected chi connectivity index (χ3v) is 15.5. The van der Waals surface area contributed by atoms with Crippen molar-refractivity contribution in [2.45, 2.75) is 375 Å². The van der Waals surface area contributed by atoms with E-state index in [1.807, 2.05) is 0 Å². The smallest absolute Gasteiger partial charge is 0.408 e. The van der Waals surface area contributed by atoms with Crippen LogP contribution in [-0.4, -0.2) is 128 Å². The maximum Gasteiger partial charge on any atom is 0.408 e. The molecule has 0 saturated carbocycles. The van der Waals surface area contributed by atoms with Crippen LogP contribution in [0.3, 0.4) is 0 Å². The molecule has 0 aromatic carbocycles. The van der Waals surface area contributed by atoms with Gasteiger partial charge in [-0.25, -0.2) is 14.4 Å². The minimum absolute atomic E-state index is 0.174. The maximum absolute atomic E-state index is 13.2. The van der Waals surface area contributed by atoms with Crippen LogP contribution in [0, 0.1) is 0 Å². The first kappa shape index (κ1) is 92.8. The van der Waals surface area contributed by atoms with E-state index in [1.165, 1.54) is 0 Å². The molecule has 0 aliphatic carbocycles. The lowest BCUT2D eigenvalue weighted by atomic mass is 10.1. The molecule has 0 aliphatic rings. The molecule has 0 aromatic heterocycles. The van der Waals surface area contributed by atoms with Gasteiger partial charge in [-0.2, -0.15) is 0 Å². The molecule has 3 N–H and O–H groups in total. The molecule has 4 atom stereocenters. The molecule has 0 aliphatic heterocycles. The number of amides is 3. The quantitative estimate of drug-likeness (QED) is 0.0221. The minimum atomic E-state index is -0.944. The number of alkyl carbamates (subject to hydrolysis) is 3. The van der Waals surface area contributed by atoms with E-state index >= 15 is 0 Å². The van der Waals surface area contributed by atoms with E-state index in [9.17, 15) is 43.2 Å². The third-order valence-electron chi connectivity index (χ3n) is 15.5. The molecule has 3 amide bonds. The summed E-state index contributed by atoms with van der Waals surface area (Å²) in [5, 5.41) is 7.42. The Bertz CT molecular complexity index is 2160.